The fraction of sp³-hybridized carbons (Fsp3) is 0.800. The molecular formula is C15H28O3S. The highest BCUT2D eigenvalue weighted by Crippen LogP contribution is 2.11. The minimum absolute atomic E-state index is 0.345. The number of thioether (sulfide) groups is 1. The van der Waals surface area contributed by atoms with Crippen LogP contribution in [0.15, 0.2) is 12.7 Å². The summed E-state index contributed by atoms with van der Waals surface area (Å²) in [5.41, 5.74) is 0. The van der Waals surface area contributed by atoms with Crippen molar-refractivity contribution in [3.63, 3.8) is 0 Å². The molecule has 0 aliphatic rings. The Labute approximate surface area is 121 Å². The van der Waals surface area contributed by atoms with E-state index in [2.05, 4.69) is 11.3 Å². The van der Waals surface area contributed by atoms with E-state index in [1.54, 1.807) is 0 Å². The van der Waals surface area contributed by atoms with Gasteiger partial charge < -0.3 is 9.84 Å². The molecule has 0 aliphatic heterocycles. The standard InChI is InChI=1S/C15H28O3S/c1-2-13-19-14-11-9-7-5-3-4-6-8-10-12-18-15(16)17/h2H,1,3-14H2,(H,16,17). The molecule has 0 aliphatic carbocycles. The number of carboxylic acid groups (broad SMARTS) is 1. The highest BCUT2D eigenvalue weighted by atomic mass is 32.2. The van der Waals surface area contributed by atoms with E-state index in [9.17, 15) is 4.79 Å². The summed E-state index contributed by atoms with van der Waals surface area (Å²) in [6.07, 6.45) is 11.8. The number of unbranched alkanes of at least 4 members (excludes halogenated alkanes) is 8. The fourth-order valence-electron chi connectivity index (χ4n) is 1.87. The zero-order valence-electron chi connectivity index (χ0n) is 11.9. The van der Waals surface area contributed by atoms with Crippen molar-refractivity contribution in [2.24, 2.45) is 0 Å². The molecule has 0 atom stereocenters. The van der Waals surface area contributed by atoms with Crippen LogP contribution in [0.1, 0.15) is 57.8 Å². The second kappa shape index (κ2) is 15.4. The van der Waals surface area contributed by atoms with Crippen LogP contribution in [-0.2, 0) is 4.74 Å². The summed E-state index contributed by atoms with van der Waals surface area (Å²) in [4.78, 5) is 10.1. The Morgan fingerprint density at radius 2 is 1.53 bits per heavy atom. The Morgan fingerprint density at radius 1 is 1.00 bits per heavy atom. The number of ether oxygens (including phenoxy) is 1. The van der Waals surface area contributed by atoms with Crippen LogP contribution in [0.2, 0.25) is 0 Å². The molecule has 0 saturated carbocycles. The van der Waals surface area contributed by atoms with Crippen molar-refractivity contribution < 1.29 is 14.6 Å². The van der Waals surface area contributed by atoms with Gasteiger partial charge in [-0.3, -0.25) is 0 Å². The molecule has 0 spiro atoms. The van der Waals surface area contributed by atoms with Crippen molar-refractivity contribution in [3.8, 4) is 0 Å². The molecule has 19 heavy (non-hydrogen) atoms. The van der Waals surface area contributed by atoms with E-state index >= 15 is 0 Å². The first-order valence-corrected chi connectivity index (χ1v) is 8.47. The third-order valence-corrected chi connectivity index (χ3v) is 3.94. The average Bonchev–Trinajstić information content (AvgIpc) is 2.39. The number of hydrogen-bond donors (Lipinski definition) is 1. The first kappa shape index (κ1) is 18.4. The van der Waals surface area contributed by atoms with Gasteiger partial charge in [-0.2, -0.15) is 11.8 Å². The number of carbonyl (C=O) groups is 1. The van der Waals surface area contributed by atoms with Crippen LogP contribution in [-0.4, -0.2) is 29.4 Å². The lowest BCUT2D eigenvalue weighted by atomic mass is 10.1. The van der Waals surface area contributed by atoms with Crippen LogP contribution in [0, 0.1) is 0 Å². The molecular weight excluding hydrogens is 260 g/mol. The summed E-state index contributed by atoms with van der Waals surface area (Å²) in [5.74, 6) is 2.33. The molecule has 0 aromatic heterocycles. The van der Waals surface area contributed by atoms with Gasteiger partial charge in [-0.1, -0.05) is 51.0 Å². The molecule has 0 aromatic rings. The Kier molecular flexibility index (Phi) is 14.9. The van der Waals surface area contributed by atoms with E-state index in [1.807, 2.05) is 17.8 Å². The predicted octanol–water partition coefficient (Wildman–Crippen LogP) is 5.11. The Morgan fingerprint density at radius 3 is 2.05 bits per heavy atom. The summed E-state index contributed by atoms with van der Waals surface area (Å²) in [6, 6.07) is 0. The third-order valence-electron chi connectivity index (χ3n) is 2.89. The van der Waals surface area contributed by atoms with Gasteiger partial charge >= 0.3 is 6.16 Å². The zero-order chi connectivity index (χ0) is 14.2. The van der Waals surface area contributed by atoms with Gasteiger partial charge in [-0.25, -0.2) is 4.79 Å². The Bertz CT molecular complexity index is 219. The van der Waals surface area contributed by atoms with E-state index in [1.165, 1.54) is 50.7 Å². The van der Waals surface area contributed by atoms with Crippen molar-refractivity contribution in [1.82, 2.24) is 0 Å². The van der Waals surface area contributed by atoms with Crippen molar-refractivity contribution in [1.29, 1.82) is 0 Å². The van der Waals surface area contributed by atoms with Gasteiger partial charge in [0.2, 0.25) is 0 Å². The molecule has 0 bridgehead atoms. The monoisotopic (exact) mass is 288 g/mol. The zero-order valence-corrected chi connectivity index (χ0v) is 12.8. The highest BCUT2D eigenvalue weighted by molar-refractivity contribution is 7.99. The van der Waals surface area contributed by atoms with E-state index in [0.717, 1.165) is 18.6 Å². The van der Waals surface area contributed by atoms with Crippen LogP contribution in [0.4, 0.5) is 4.79 Å². The van der Waals surface area contributed by atoms with E-state index in [0.29, 0.717) is 6.61 Å². The average molecular weight is 288 g/mol. The molecule has 0 radical (unpaired) electrons. The van der Waals surface area contributed by atoms with Crippen LogP contribution >= 0.6 is 11.8 Å². The summed E-state index contributed by atoms with van der Waals surface area (Å²) in [6.45, 7) is 4.05. The topological polar surface area (TPSA) is 46.5 Å². The minimum Gasteiger partial charge on any atom is -0.450 e. The normalized spacial score (nSPS) is 10.3. The predicted molar refractivity (Wildman–Crippen MR) is 83.1 cm³/mol. The Balaban J connectivity index is 2.95. The lowest BCUT2D eigenvalue weighted by molar-refractivity contribution is 0.0899. The van der Waals surface area contributed by atoms with Crippen LogP contribution in [0.3, 0.4) is 0 Å². The van der Waals surface area contributed by atoms with E-state index in [-0.39, 0.29) is 0 Å². The van der Waals surface area contributed by atoms with Crippen LogP contribution in [0.25, 0.3) is 0 Å². The maximum atomic E-state index is 10.1. The minimum atomic E-state index is -1.16. The quantitative estimate of drug-likeness (QED) is 0.274. The molecule has 0 amide bonds. The van der Waals surface area contributed by atoms with Gasteiger partial charge in [0, 0.05) is 5.75 Å². The first-order valence-electron chi connectivity index (χ1n) is 7.31. The second-order valence-corrected chi connectivity index (χ2v) is 5.81. The van der Waals surface area contributed by atoms with Crippen molar-refractivity contribution in [2.45, 2.75) is 57.8 Å². The molecule has 3 nitrogen and oxygen atoms in total. The van der Waals surface area contributed by atoms with Crippen molar-refractivity contribution >= 4 is 17.9 Å². The molecule has 0 rings (SSSR count). The molecule has 4 heteroatoms. The van der Waals surface area contributed by atoms with Crippen molar-refractivity contribution in [2.75, 3.05) is 18.1 Å². The van der Waals surface area contributed by atoms with Gasteiger partial charge in [0.15, 0.2) is 0 Å². The molecule has 1 N–H and O–H groups in total. The van der Waals surface area contributed by atoms with Gasteiger partial charge in [0.25, 0.3) is 0 Å². The summed E-state index contributed by atoms with van der Waals surface area (Å²) in [5, 5.41) is 8.28. The summed E-state index contributed by atoms with van der Waals surface area (Å²) in [7, 11) is 0. The van der Waals surface area contributed by atoms with Crippen LogP contribution in [0.5, 0.6) is 0 Å². The maximum absolute atomic E-state index is 10.1. The number of hydrogen-bond acceptors (Lipinski definition) is 3. The van der Waals surface area contributed by atoms with Crippen molar-refractivity contribution in [3.05, 3.63) is 12.7 Å². The molecule has 0 unspecified atom stereocenters. The first-order chi connectivity index (χ1) is 9.27. The molecule has 112 valence electrons. The molecule has 0 fully saturated rings. The maximum Gasteiger partial charge on any atom is 0.505 e. The fourth-order valence-corrected chi connectivity index (χ4v) is 2.61. The third kappa shape index (κ3) is 17.4. The largest absolute Gasteiger partial charge is 0.505 e. The van der Waals surface area contributed by atoms with Gasteiger partial charge in [0.1, 0.15) is 0 Å². The smallest absolute Gasteiger partial charge is 0.450 e. The lowest BCUT2D eigenvalue weighted by Crippen LogP contribution is -2.01. The summed E-state index contributed by atoms with van der Waals surface area (Å²) >= 11 is 1.96. The van der Waals surface area contributed by atoms with Gasteiger partial charge in [-0.05, 0) is 18.6 Å². The second-order valence-electron chi connectivity index (χ2n) is 4.66. The molecule has 0 heterocycles. The van der Waals surface area contributed by atoms with Gasteiger partial charge in [-0.15, -0.1) is 6.58 Å². The highest BCUT2D eigenvalue weighted by Gasteiger charge is 1.96. The Hall–Kier alpha value is -0.640. The van der Waals surface area contributed by atoms with Crippen LogP contribution < -0.4 is 0 Å². The van der Waals surface area contributed by atoms with Gasteiger partial charge in [0.05, 0.1) is 6.61 Å². The van der Waals surface area contributed by atoms with E-state index in [4.69, 9.17) is 5.11 Å². The lowest BCUT2D eigenvalue weighted by Gasteiger charge is -2.03. The molecule has 0 saturated heterocycles. The summed E-state index contributed by atoms with van der Waals surface area (Å²) < 4.78 is 4.45. The molecule has 0 aromatic carbocycles. The van der Waals surface area contributed by atoms with E-state index < -0.39 is 6.16 Å². The number of rotatable bonds is 14. The SMILES string of the molecule is C=CCSCCCCCCCCCCCOC(=O)O.